The number of rotatable bonds is 9. The maximum absolute atomic E-state index is 13.4. The van der Waals surface area contributed by atoms with E-state index in [1.54, 1.807) is 18.3 Å². The van der Waals surface area contributed by atoms with Gasteiger partial charge in [0.1, 0.15) is 5.82 Å². The van der Waals surface area contributed by atoms with Crippen LogP contribution in [-0.2, 0) is 12.8 Å². The van der Waals surface area contributed by atoms with Crippen molar-refractivity contribution in [1.29, 1.82) is 0 Å². The fourth-order valence-corrected chi connectivity index (χ4v) is 3.45. The fraction of sp³-hybridized carbons (Fsp3) is 0.381. The van der Waals surface area contributed by atoms with Crippen LogP contribution in [0.15, 0.2) is 40.6 Å². The van der Waals surface area contributed by atoms with Crippen molar-refractivity contribution in [3.05, 3.63) is 58.0 Å². The van der Waals surface area contributed by atoms with Crippen molar-refractivity contribution in [3.63, 3.8) is 0 Å². The van der Waals surface area contributed by atoms with E-state index in [2.05, 4.69) is 25.3 Å². The number of oxime groups is 1. The highest BCUT2D eigenvalue weighted by molar-refractivity contribution is 6.30. The van der Waals surface area contributed by atoms with Gasteiger partial charge in [0.15, 0.2) is 5.82 Å². The normalized spacial score (nSPS) is 13.7. The molecule has 0 saturated heterocycles. The van der Waals surface area contributed by atoms with E-state index in [1.807, 2.05) is 20.2 Å². The molecule has 0 amide bonds. The van der Waals surface area contributed by atoms with Crippen LogP contribution in [0, 0.1) is 5.82 Å². The third-order valence-electron chi connectivity index (χ3n) is 4.79. The Bertz CT molecular complexity index is 929. The van der Waals surface area contributed by atoms with Crippen LogP contribution >= 0.6 is 11.6 Å². The Morgan fingerprint density at radius 3 is 2.86 bits per heavy atom. The number of aromatic nitrogens is 1. The van der Waals surface area contributed by atoms with Gasteiger partial charge >= 0.3 is 0 Å². The molecule has 0 fully saturated rings. The Hall–Kier alpha value is -2.35. The summed E-state index contributed by atoms with van der Waals surface area (Å²) in [5.74, 6) is 0.198. The molecule has 1 aromatic heterocycles. The van der Waals surface area contributed by atoms with Crippen molar-refractivity contribution in [2.75, 3.05) is 33.7 Å². The molecule has 1 aromatic carbocycles. The molecule has 2 heterocycles. The molecule has 2 aromatic rings. The fourth-order valence-electron chi connectivity index (χ4n) is 3.25. The molecule has 1 aliphatic rings. The zero-order valence-corrected chi connectivity index (χ0v) is 17.4. The van der Waals surface area contributed by atoms with Gasteiger partial charge < -0.3 is 15.4 Å². The highest BCUT2D eigenvalue weighted by atomic mass is 35.5. The summed E-state index contributed by atoms with van der Waals surface area (Å²) < 4.78 is 13.4. The number of nitrogens with one attached hydrogen (secondary N) is 1. The highest BCUT2D eigenvalue weighted by Crippen LogP contribution is 2.29. The average molecular weight is 418 g/mol. The van der Waals surface area contributed by atoms with Gasteiger partial charge in [0.25, 0.3) is 0 Å². The highest BCUT2D eigenvalue weighted by Gasteiger charge is 2.22. The third kappa shape index (κ3) is 5.59. The van der Waals surface area contributed by atoms with Gasteiger partial charge in [0, 0.05) is 55.5 Å². The Kier molecular flexibility index (Phi) is 7.30. The van der Waals surface area contributed by atoms with Gasteiger partial charge in [-0.05, 0) is 44.3 Å². The summed E-state index contributed by atoms with van der Waals surface area (Å²) in [5.41, 5.74) is 4.05. The van der Waals surface area contributed by atoms with Crippen LogP contribution in [0.2, 0.25) is 5.02 Å². The number of halogens is 2. The molecule has 0 spiro atoms. The predicted octanol–water partition coefficient (Wildman–Crippen LogP) is 3.47. The van der Waals surface area contributed by atoms with E-state index in [1.165, 1.54) is 6.07 Å². The Labute approximate surface area is 175 Å². The first kappa shape index (κ1) is 21.4. The van der Waals surface area contributed by atoms with Crippen molar-refractivity contribution in [2.45, 2.75) is 19.3 Å². The van der Waals surface area contributed by atoms with Crippen molar-refractivity contribution in [1.82, 2.24) is 15.2 Å². The zero-order chi connectivity index (χ0) is 20.8. The van der Waals surface area contributed by atoms with E-state index < -0.39 is 5.82 Å². The molecule has 0 saturated carbocycles. The van der Waals surface area contributed by atoms with Crippen LogP contribution in [0.4, 0.5) is 10.2 Å². The van der Waals surface area contributed by atoms with Crippen LogP contribution < -0.4 is 5.32 Å². The second kappa shape index (κ2) is 9.91. The minimum Gasteiger partial charge on any atom is -0.411 e. The molecule has 6 nitrogen and oxygen atoms in total. The second-order valence-corrected chi connectivity index (χ2v) is 7.70. The van der Waals surface area contributed by atoms with E-state index in [4.69, 9.17) is 11.6 Å². The van der Waals surface area contributed by atoms with Gasteiger partial charge in [-0.25, -0.2) is 14.4 Å². The smallest absolute Gasteiger partial charge is 0.155 e. The quantitative estimate of drug-likeness (QED) is 0.283. The third-order valence-corrected chi connectivity index (χ3v) is 5.08. The maximum atomic E-state index is 13.4. The Balaban J connectivity index is 1.67. The lowest BCUT2D eigenvalue weighted by Crippen LogP contribution is -2.28. The van der Waals surface area contributed by atoms with Crippen LogP contribution in [0.3, 0.4) is 0 Å². The lowest BCUT2D eigenvalue weighted by molar-refractivity contribution is 0.318. The first-order chi connectivity index (χ1) is 14.0. The molecule has 0 unspecified atom stereocenters. The van der Waals surface area contributed by atoms with Crippen molar-refractivity contribution in [2.24, 2.45) is 10.1 Å². The van der Waals surface area contributed by atoms with Crippen LogP contribution in [-0.4, -0.2) is 60.2 Å². The maximum Gasteiger partial charge on any atom is 0.155 e. The molecule has 0 atom stereocenters. The van der Waals surface area contributed by atoms with Crippen LogP contribution in [0.25, 0.3) is 0 Å². The number of hydrogen-bond donors (Lipinski definition) is 2. The van der Waals surface area contributed by atoms with Gasteiger partial charge in [-0.2, -0.15) is 0 Å². The van der Waals surface area contributed by atoms with Crippen LogP contribution in [0.1, 0.15) is 23.1 Å². The topological polar surface area (TPSA) is 73.1 Å². The van der Waals surface area contributed by atoms with Crippen molar-refractivity contribution < 1.29 is 9.60 Å². The number of likely N-dealkylation sites (N-methyl/N-ethyl adjacent to an activating group) is 1. The van der Waals surface area contributed by atoms with E-state index in [0.717, 1.165) is 48.5 Å². The number of nitrogens with zero attached hydrogens (tertiary/aromatic N) is 4. The van der Waals surface area contributed by atoms with Crippen molar-refractivity contribution >= 4 is 28.8 Å². The minimum absolute atomic E-state index is 0.0483. The summed E-state index contributed by atoms with van der Waals surface area (Å²) in [4.78, 5) is 11.1. The summed E-state index contributed by atoms with van der Waals surface area (Å²) in [7, 11) is 4.10. The number of hydrogen-bond acceptors (Lipinski definition) is 6. The molecule has 0 aliphatic carbocycles. The first-order valence-electron chi connectivity index (χ1n) is 9.53. The molecular formula is C21H25ClFN5O. The van der Waals surface area contributed by atoms with Crippen LogP contribution in [0.5, 0.6) is 0 Å². The summed E-state index contributed by atoms with van der Waals surface area (Å²) in [6, 6.07) is 6.32. The molecule has 29 heavy (non-hydrogen) atoms. The average Bonchev–Trinajstić information content (AvgIpc) is 3.11. The summed E-state index contributed by atoms with van der Waals surface area (Å²) in [6.45, 7) is 2.77. The van der Waals surface area contributed by atoms with E-state index >= 15 is 0 Å². The standard InChI is InChI=1S/C21H25ClFN5O/c1-28(2)10-9-24-7-5-15-13-17-16(6-8-25-21(17)26-15)20(27-29)12-14-3-4-19(23)18(22)11-14/h3-4,6,8,11,24,29H,5,7,9-10,12-13H2,1-2H3/b27-20+. The molecule has 0 bridgehead atoms. The molecular weight excluding hydrogens is 393 g/mol. The molecule has 1 aliphatic heterocycles. The Morgan fingerprint density at radius 2 is 2.14 bits per heavy atom. The van der Waals surface area contributed by atoms with Gasteiger partial charge in [0.05, 0.1) is 10.7 Å². The van der Waals surface area contributed by atoms with Gasteiger partial charge in [-0.15, -0.1) is 0 Å². The summed E-state index contributed by atoms with van der Waals surface area (Å²) in [6.07, 6.45) is 3.51. The minimum atomic E-state index is -0.472. The molecule has 3 rings (SSSR count). The van der Waals surface area contributed by atoms with E-state index in [9.17, 15) is 9.60 Å². The van der Waals surface area contributed by atoms with Crippen molar-refractivity contribution in [3.8, 4) is 0 Å². The summed E-state index contributed by atoms with van der Waals surface area (Å²) >= 11 is 5.87. The largest absolute Gasteiger partial charge is 0.411 e. The zero-order valence-electron chi connectivity index (χ0n) is 16.6. The number of fused-ring (bicyclic) bond motifs is 1. The summed E-state index contributed by atoms with van der Waals surface area (Å²) in [5, 5.41) is 16.6. The first-order valence-corrected chi connectivity index (χ1v) is 9.90. The molecule has 0 radical (unpaired) electrons. The molecule has 154 valence electrons. The van der Waals surface area contributed by atoms with Gasteiger partial charge in [-0.1, -0.05) is 22.8 Å². The molecule has 2 N–H and O–H groups in total. The lowest BCUT2D eigenvalue weighted by atomic mass is 9.96. The molecule has 8 heteroatoms. The van der Waals surface area contributed by atoms with E-state index in [-0.39, 0.29) is 5.02 Å². The number of aliphatic imine (C=N–C) groups is 1. The second-order valence-electron chi connectivity index (χ2n) is 7.29. The lowest BCUT2D eigenvalue weighted by Gasteiger charge is -2.11. The Morgan fingerprint density at radius 1 is 1.31 bits per heavy atom. The SMILES string of the molecule is CN(C)CCNCCC1=Nc2nccc(/C(Cc3ccc(F)c(Cl)c3)=N/O)c2C1. The van der Waals surface area contributed by atoms with Gasteiger partial charge in [0.2, 0.25) is 0 Å². The number of benzene rings is 1. The predicted molar refractivity (Wildman–Crippen MR) is 115 cm³/mol. The monoisotopic (exact) mass is 417 g/mol. The number of pyridine rings is 1. The van der Waals surface area contributed by atoms with E-state index in [0.29, 0.717) is 24.4 Å². The van der Waals surface area contributed by atoms with Gasteiger partial charge in [-0.3, -0.25) is 0 Å².